The zero-order chi connectivity index (χ0) is 16.9. The monoisotopic (exact) mass is 372 g/mol. The zero-order valence-electron chi connectivity index (χ0n) is 11.9. The predicted octanol–water partition coefficient (Wildman–Crippen LogP) is 2.03. The van der Waals surface area contributed by atoms with Gasteiger partial charge in [-0.3, -0.25) is 0 Å². The molecular weight excluding hydrogens is 349 g/mol. The first-order valence-electron chi connectivity index (χ1n) is 6.09. The van der Waals surface area contributed by atoms with Gasteiger partial charge in [0.2, 0.25) is 0 Å². The largest absolute Gasteiger partial charge is 0.478 e. The summed E-state index contributed by atoms with van der Waals surface area (Å²) >= 11 is 0. The second kappa shape index (κ2) is 13.0. The van der Waals surface area contributed by atoms with Crippen LogP contribution in [0.5, 0.6) is 0 Å². The molecule has 0 aromatic heterocycles. The lowest BCUT2D eigenvalue weighted by Gasteiger charge is -2.09. The molecule has 0 amide bonds. The number of unbranched alkanes of at least 4 members (excludes halogenated alkanes) is 2. The van der Waals surface area contributed by atoms with Crippen LogP contribution in [0.25, 0.3) is 0 Å². The van der Waals surface area contributed by atoms with Crippen molar-refractivity contribution in [3.8, 4) is 0 Å². The highest BCUT2D eigenvalue weighted by molar-refractivity contribution is 7.60. The van der Waals surface area contributed by atoms with Gasteiger partial charge in [-0.15, -0.1) is 0 Å². The molecule has 21 heavy (non-hydrogen) atoms. The van der Waals surface area contributed by atoms with E-state index in [0.717, 1.165) is 25.7 Å². The molecule has 0 bridgehead atoms. The van der Waals surface area contributed by atoms with Gasteiger partial charge in [-0.1, -0.05) is 26.7 Å². The molecule has 0 fully saturated rings. The van der Waals surface area contributed by atoms with Gasteiger partial charge >= 0.3 is 24.2 Å². The summed E-state index contributed by atoms with van der Waals surface area (Å²) in [5.74, 6) is 0. The number of hydrogen-bond acceptors (Lipinski definition) is 6. The summed E-state index contributed by atoms with van der Waals surface area (Å²) in [7, 11) is -11.7. The van der Waals surface area contributed by atoms with E-state index < -0.39 is 24.2 Å². The third-order valence-corrected chi connectivity index (χ3v) is 4.12. The average molecular weight is 372 g/mol. The maximum atomic E-state index is 9.63. The lowest BCUT2D eigenvalue weighted by Crippen LogP contribution is -1.94. The highest BCUT2D eigenvalue weighted by Crippen LogP contribution is 2.53. The SMILES string of the molecule is CCCCOP(O)OCCCC.O=P(O)(O)OP(=O)(O)O. The third kappa shape index (κ3) is 25.8. The van der Waals surface area contributed by atoms with Crippen LogP contribution in [-0.2, 0) is 22.5 Å². The van der Waals surface area contributed by atoms with Crippen LogP contribution in [0.15, 0.2) is 0 Å². The van der Waals surface area contributed by atoms with E-state index >= 15 is 0 Å². The number of rotatable bonds is 10. The van der Waals surface area contributed by atoms with Gasteiger partial charge < -0.3 is 33.5 Å². The Morgan fingerprint density at radius 3 is 1.38 bits per heavy atom. The minimum atomic E-state index is -5.05. The van der Waals surface area contributed by atoms with E-state index in [-0.39, 0.29) is 0 Å². The maximum Gasteiger partial charge on any atom is 0.478 e. The first-order chi connectivity index (χ1) is 9.52. The van der Waals surface area contributed by atoms with Crippen molar-refractivity contribution in [3.05, 3.63) is 0 Å². The fourth-order valence-corrected chi connectivity index (χ4v) is 2.50. The van der Waals surface area contributed by atoms with E-state index in [1.165, 1.54) is 0 Å². The van der Waals surface area contributed by atoms with Crippen LogP contribution in [0.1, 0.15) is 39.5 Å². The lowest BCUT2D eigenvalue weighted by molar-refractivity contribution is 0.196. The van der Waals surface area contributed by atoms with Crippen LogP contribution < -0.4 is 0 Å². The van der Waals surface area contributed by atoms with Crippen molar-refractivity contribution in [1.29, 1.82) is 0 Å². The molecule has 0 aliphatic carbocycles. The van der Waals surface area contributed by atoms with E-state index in [2.05, 4.69) is 18.2 Å². The Labute approximate surface area is 124 Å². The fourth-order valence-electron chi connectivity index (χ4n) is 0.750. The zero-order valence-corrected chi connectivity index (χ0v) is 14.5. The summed E-state index contributed by atoms with van der Waals surface area (Å²) in [4.78, 5) is 40.1. The molecule has 130 valence electrons. The summed E-state index contributed by atoms with van der Waals surface area (Å²) in [5.41, 5.74) is 0. The van der Waals surface area contributed by atoms with Gasteiger partial charge in [-0.05, 0) is 12.8 Å². The van der Waals surface area contributed by atoms with Crippen LogP contribution >= 0.6 is 24.2 Å². The molecule has 0 aromatic carbocycles. The standard InChI is InChI=1S/C8H19O3P.H4O7P2/c1-3-5-7-10-12(9)11-8-6-4-2;1-8(2,3)7-9(4,5)6/h9H,3-8H2,1-2H3;(H2,1,2,3)(H2,4,5,6). The van der Waals surface area contributed by atoms with Crippen molar-refractivity contribution in [2.45, 2.75) is 39.5 Å². The molecule has 0 saturated carbocycles. The Morgan fingerprint density at radius 1 is 0.857 bits per heavy atom. The van der Waals surface area contributed by atoms with Gasteiger partial charge in [-0.25, -0.2) is 9.13 Å². The second-order valence-electron chi connectivity index (χ2n) is 3.67. The Kier molecular flexibility index (Phi) is 14.8. The molecule has 5 N–H and O–H groups in total. The van der Waals surface area contributed by atoms with E-state index in [9.17, 15) is 9.13 Å². The molecule has 13 heteroatoms. The van der Waals surface area contributed by atoms with Crippen LogP contribution in [0.2, 0.25) is 0 Å². The van der Waals surface area contributed by atoms with Crippen molar-refractivity contribution < 1.29 is 47.0 Å². The van der Waals surface area contributed by atoms with Gasteiger partial charge in [0.25, 0.3) is 0 Å². The Bertz CT molecular complexity index is 296. The molecule has 0 spiro atoms. The summed E-state index contributed by atoms with van der Waals surface area (Å²) in [5, 5.41) is 0. The highest BCUT2D eigenvalue weighted by Gasteiger charge is 2.27. The van der Waals surface area contributed by atoms with Crippen LogP contribution in [0, 0.1) is 0 Å². The summed E-state index contributed by atoms with van der Waals surface area (Å²) in [6, 6.07) is 0. The molecule has 0 aliphatic rings. The first kappa shape index (κ1) is 23.8. The molecule has 0 radical (unpaired) electrons. The van der Waals surface area contributed by atoms with Crippen LogP contribution in [0.3, 0.4) is 0 Å². The van der Waals surface area contributed by atoms with Gasteiger partial charge in [0, 0.05) is 0 Å². The second-order valence-corrected chi connectivity index (χ2v) is 7.28. The Morgan fingerprint density at radius 2 is 1.19 bits per heavy atom. The molecule has 0 aliphatic heterocycles. The Balaban J connectivity index is 0. The molecule has 0 unspecified atom stereocenters. The minimum Gasteiger partial charge on any atom is -0.328 e. The van der Waals surface area contributed by atoms with Gasteiger partial charge in [0.05, 0.1) is 13.2 Å². The van der Waals surface area contributed by atoms with Crippen molar-refractivity contribution in [2.75, 3.05) is 13.2 Å². The lowest BCUT2D eigenvalue weighted by atomic mass is 10.4. The molecule has 0 rings (SSSR count). The van der Waals surface area contributed by atoms with Crippen LogP contribution in [-0.4, -0.2) is 37.7 Å². The summed E-state index contributed by atoms with van der Waals surface area (Å²) in [6.07, 6.45) is 4.13. The highest BCUT2D eigenvalue weighted by atomic mass is 31.3. The summed E-state index contributed by atoms with van der Waals surface area (Å²) in [6.45, 7) is 5.37. The van der Waals surface area contributed by atoms with Crippen LogP contribution in [0.4, 0.5) is 0 Å². The predicted molar refractivity (Wildman–Crippen MR) is 76.0 cm³/mol. The van der Waals surface area contributed by atoms with Crippen molar-refractivity contribution in [3.63, 3.8) is 0 Å². The smallest absolute Gasteiger partial charge is 0.328 e. The normalized spacial score (nSPS) is 12.2. The van der Waals surface area contributed by atoms with E-state index in [4.69, 9.17) is 33.5 Å². The average Bonchev–Trinajstić information content (AvgIpc) is 2.25. The third-order valence-electron chi connectivity index (χ3n) is 1.61. The summed E-state index contributed by atoms with van der Waals surface area (Å²) < 4.78 is 32.3. The van der Waals surface area contributed by atoms with Gasteiger partial charge in [0.15, 0.2) is 0 Å². The van der Waals surface area contributed by atoms with E-state index in [1.807, 2.05) is 0 Å². The quantitative estimate of drug-likeness (QED) is 0.283. The Hall–Kier alpha value is 0.570. The molecule has 0 saturated heterocycles. The molecular formula is C8H23O10P3. The van der Waals surface area contributed by atoms with Crippen molar-refractivity contribution in [1.82, 2.24) is 0 Å². The maximum absolute atomic E-state index is 9.63. The minimum absolute atomic E-state index is 0.602. The van der Waals surface area contributed by atoms with E-state index in [1.54, 1.807) is 0 Å². The molecule has 10 nitrogen and oxygen atoms in total. The molecule has 0 heterocycles. The number of hydrogen-bond donors (Lipinski definition) is 5. The van der Waals surface area contributed by atoms with Crippen molar-refractivity contribution >= 4 is 24.2 Å². The van der Waals surface area contributed by atoms with Gasteiger partial charge in [0.1, 0.15) is 0 Å². The molecule has 0 aromatic rings. The van der Waals surface area contributed by atoms with Crippen molar-refractivity contribution in [2.24, 2.45) is 0 Å². The number of phosphoric acid groups is 2. The first-order valence-corrected chi connectivity index (χ1v) is 10.3. The molecule has 0 atom stereocenters. The van der Waals surface area contributed by atoms with E-state index in [0.29, 0.717) is 13.2 Å². The fraction of sp³-hybridized carbons (Fsp3) is 1.00. The van der Waals surface area contributed by atoms with Gasteiger partial charge in [-0.2, -0.15) is 4.31 Å². The topological polar surface area (TPSA) is 163 Å².